The van der Waals surface area contributed by atoms with E-state index < -0.39 is 5.60 Å². The molecule has 2 amide bonds. The molecule has 0 saturated heterocycles. The van der Waals surface area contributed by atoms with Gasteiger partial charge in [0, 0.05) is 11.1 Å². The van der Waals surface area contributed by atoms with Crippen LogP contribution >= 0.6 is 11.3 Å². The van der Waals surface area contributed by atoms with Gasteiger partial charge in [0.1, 0.15) is 28.2 Å². The Morgan fingerprint density at radius 2 is 1.78 bits per heavy atom. The summed E-state index contributed by atoms with van der Waals surface area (Å²) in [6.45, 7) is 5.63. The summed E-state index contributed by atoms with van der Waals surface area (Å²) in [7, 11) is 1.62. The van der Waals surface area contributed by atoms with Gasteiger partial charge in [0.2, 0.25) is 0 Å². The average Bonchev–Trinajstić information content (AvgIpc) is 3.45. The number of ether oxygens (including phenoxy) is 2. The number of imidazole rings is 1. The zero-order valence-electron chi connectivity index (χ0n) is 21.8. The van der Waals surface area contributed by atoms with Crippen LogP contribution in [-0.4, -0.2) is 45.8 Å². The molecule has 4 bridgehead atoms. The molecule has 196 valence electrons. The largest absolute Gasteiger partial charge is 0.494 e. The van der Waals surface area contributed by atoms with Crippen LogP contribution in [0.2, 0.25) is 0 Å². The van der Waals surface area contributed by atoms with Crippen molar-refractivity contribution in [3.8, 4) is 16.5 Å². The van der Waals surface area contributed by atoms with Crippen LogP contribution in [0.5, 0.6) is 5.75 Å². The van der Waals surface area contributed by atoms with Gasteiger partial charge in [-0.3, -0.25) is 4.79 Å². The van der Waals surface area contributed by atoms with Gasteiger partial charge in [0.05, 0.1) is 17.6 Å². The lowest BCUT2D eigenvalue weighted by Crippen LogP contribution is -2.70. The Morgan fingerprint density at radius 1 is 1.08 bits per heavy atom. The highest BCUT2D eigenvalue weighted by molar-refractivity contribution is 7.13. The van der Waals surface area contributed by atoms with Gasteiger partial charge in [-0.2, -0.15) is 0 Å². The van der Waals surface area contributed by atoms with Gasteiger partial charge in [-0.05, 0) is 94.7 Å². The summed E-state index contributed by atoms with van der Waals surface area (Å²) < 4.78 is 11.2. The minimum Gasteiger partial charge on any atom is -0.494 e. The minimum atomic E-state index is -0.552. The van der Waals surface area contributed by atoms with Crippen molar-refractivity contribution in [1.29, 1.82) is 0 Å². The summed E-state index contributed by atoms with van der Waals surface area (Å²) >= 11 is 1.59. The van der Waals surface area contributed by atoms with Crippen LogP contribution in [0.4, 0.5) is 4.79 Å². The van der Waals surface area contributed by atoms with Gasteiger partial charge in [0.15, 0.2) is 0 Å². The first kappa shape index (κ1) is 24.3. The molecule has 3 aromatic rings. The van der Waals surface area contributed by atoms with E-state index in [4.69, 9.17) is 14.5 Å². The molecular weight excluding hydrogens is 488 g/mol. The van der Waals surface area contributed by atoms with Crippen molar-refractivity contribution >= 4 is 34.4 Å². The summed E-state index contributed by atoms with van der Waals surface area (Å²) in [6.07, 6.45) is 5.27. The smallest absolute Gasteiger partial charge is 0.408 e. The number of hydrogen-bond donors (Lipinski definition) is 3. The Bertz CT molecular complexity index is 1340. The number of thiophene rings is 1. The number of carbonyl (C=O) groups excluding carboxylic acids is 2. The van der Waals surface area contributed by atoms with Crippen molar-refractivity contribution in [2.45, 2.75) is 76.0 Å². The molecule has 9 heteroatoms. The number of carbonyl (C=O) groups is 2. The number of amides is 2. The number of nitrogens with one attached hydrogen (secondary N) is 3. The molecule has 0 radical (unpaired) electrons. The highest BCUT2D eigenvalue weighted by Gasteiger charge is 2.59. The molecule has 8 nitrogen and oxygen atoms in total. The predicted octanol–water partition coefficient (Wildman–Crippen LogP) is 5.65. The van der Waals surface area contributed by atoms with Crippen molar-refractivity contribution < 1.29 is 19.1 Å². The maximum absolute atomic E-state index is 13.8. The number of aromatic nitrogens is 2. The van der Waals surface area contributed by atoms with Crippen LogP contribution < -0.4 is 15.4 Å². The van der Waals surface area contributed by atoms with Gasteiger partial charge in [-0.1, -0.05) is 6.07 Å². The highest BCUT2D eigenvalue weighted by atomic mass is 32.1. The molecule has 2 atom stereocenters. The highest BCUT2D eigenvalue weighted by Crippen LogP contribution is 2.57. The standard InChI is InChI=1S/C28H34N4O4S/c1-26(2,3)36-25(34)32-28-13-16-10-17(14-28)12-27(11-16,15-28)31-24(33)18-7-8-19(35-4)22-21(18)29-23(30-22)20-6-5-9-37-20/h5-9,16-17H,10-15H2,1-4H3,(H,29,30)(H,31,33)(H,32,34). The maximum atomic E-state index is 13.8. The zero-order chi connectivity index (χ0) is 26.0. The number of nitrogens with zero attached hydrogens (tertiary/aromatic N) is 1. The Kier molecular flexibility index (Phi) is 5.56. The lowest BCUT2D eigenvalue weighted by Gasteiger charge is -2.62. The van der Waals surface area contributed by atoms with E-state index in [1.807, 2.05) is 44.4 Å². The first-order chi connectivity index (χ1) is 17.6. The first-order valence-corrected chi connectivity index (χ1v) is 13.9. The van der Waals surface area contributed by atoms with Crippen molar-refractivity contribution in [3.63, 3.8) is 0 Å². The first-order valence-electron chi connectivity index (χ1n) is 13.0. The summed E-state index contributed by atoms with van der Waals surface area (Å²) in [6, 6.07) is 7.59. The van der Waals surface area contributed by atoms with Crippen molar-refractivity contribution in [2.24, 2.45) is 11.8 Å². The monoisotopic (exact) mass is 522 g/mol. The lowest BCUT2D eigenvalue weighted by atomic mass is 9.50. The van der Waals surface area contributed by atoms with E-state index in [1.54, 1.807) is 24.5 Å². The number of benzene rings is 1. The fourth-order valence-corrected chi connectivity index (χ4v) is 8.00. The molecule has 3 N–H and O–H groups in total. The fraction of sp³-hybridized carbons (Fsp3) is 0.536. The maximum Gasteiger partial charge on any atom is 0.408 e. The molecule has 37 heavy (non-hydrogen) atoms. The van der Waals surface area contributed by atoms with Gasteiger partial charge in [-0.25, -0.2) is 9.78 Å². The van der Waals surface area contributed by atoms with Crippen LogP contribution in [0, 0.1) is 11.8 Å². The molecular formula is C28H34N4O4S. The summed E-state index contributed by atoms with van der Waals surface area (Å²) in [5.74, 6) is 2.19. The summed E-state index contributed by atoms with van der Waals surface area (Å²) in [4.78, 5) is 35.8. The molecule has 0 spiro atoms. The minimum absolute atomic E-state index is 0.133. The zero-order valence-corrected chi connectivity index (χ0v) is 22.6. The van der Waals surface area contributed by atoms with E-state index in [0.717, 1.165) is 49.2 Å². The second-order valence-corrected chi connectivity index (χ2v) is 13.2. The van der Waals surface area contributed by atoms with E-state index >= 15 is 0 Å². The Morgan fingerprint density at radius 3 is 2.41 bits per heavy atom. The molecule has 2 aromatic heterocycles. The predicted molar refractivity (Wildman–Crippen MR) is 143 cm³/mol. The van der Waals surface area contributed by atoms with E-state index in [1.165, 1.54) is 0 Å². The average molecular weight is 523 g/mol. The number of H-pyrrole nitrogens is 1. The number of fused-ring (bicyclic) bond motifs is 1. The number of rotatable bonds is 5. The SMILES string of the molecule is COc1ccc(C(=O)NC23CC4CC(CC(NC(=O)OC(C)(C)C)(C4)C2)C3)c2nc(-c3cccs3)[nH]c12. The Balaban J connectivity index is 1.29. The van der Waals surface area contributed by atoms with Crippen LogP contribution in [0.1, 0.15) is 69.7 Å². The molecule has 0 aliphatic heterocycles. The topological polar surface area (TPSA) is 105 Å². The number of hydrogen-bond acceptors (Lipinski definition) is 6. The number of alkyl carbamates (subject to hydrolysis) is 1. The molecule has 7 rings (SSSR count). The van der Waals surface area contributed by atoms with Crippen LogP contribution in [0.25, 0.3) is 21.7 Å². The third-order valence-corrected chi connectivity index (χ3v) is 8.91. The van der Waals surface area contributed by atoms with Crippen LogP contribution in [0.15, 0.2) is 29.6 Å². The number of aromatic amines is 1. The Hall–Kier alpha value is -3.07. The van der Waals surface area contributed by atoms with Gasteiger partial charge in [0.25, 0.3) is 5.91 Å². The summed E-state index contributed by atoms with van der Waals surface area (Å²) in [5, 5.41) is 8.68. The molecule has 4 saturated carbocycles. The second-order valence-electron chi connectivity index (χ2n) is 12.2. The quantitative estimate of drug-likeness (QED) is 0.402. The number of methoxy groups -OCH3 is 1. The van der Waals surface area contributed by atoms with Gasteiger partial charge < -0.3 is 25.1 Å². The molecule has 2 unspecified atom stereocenters. The van der Waals surface area contributed by atoms with E-state index in [2.05, 4.69) is 15.6 Å². The lowest BCUT2D eigenvalue weighted by molar-refractivity contribution is -0.0509. The third kappa shape index (κ3) is 4.47. The van der Waals surface area contributed by atoms with E-state index in [-0.39, 0.29) is 23.1 Å². The van der Waals surface area contributed by atoms with E-state index in [9.17, 15) is 9.59 Å². The van der Waals surface area contributed by atoms with Crippen molar-refractivity contribution in [3.05, 3.63) is 35.2 Å². The molecule has 4 fully saturated rings. The fourth-order valence-electron chi connectivity index (χ4n) is 7.33. The van der Waals surface area contributed by atoms with Crippen molar-refractivity contribution in [1.82, 2.24) is 20.6 Å². The van der Waals surface area contributed by atoms with Gasteiger partial charge >= 0.3 is 6.09 Å². The van der Waals surface area contributed by atoms with Crippen LogP contribution in [0.3, 0.4) is 0 Å². The normalized spacial score (nSPS) is 28.3. The third-order valence-electron chi connectivity index (χ3n) is 8.03. The Labute approximate surface area is 220 Å². The molecule has 4 aliphatic rings. The van der Waals surface area contributed by atoms with Gasteiger partial charge in [-0.15, -0.1) is 11.3 Å². The molecule has 1 aromatic carbocycles. The van der Waals surface area contributed by atoms with E-state index in [0.29, 0.717) is 34.2 Å². The van der Waals surface area contributed by atoms with Crippen LogP contribution in [-0.2, 0) is 4.74 Å². The second kappa shape index (κ2) is 8.48. The summed E-state index contributed by atoms with van der Waals surface area (Å²) in [5.41, 5.74) is 0.602. The van der Waals surface area contributed by atoms with Crippen molar-refractivity contribution in [2.75, 3.05) is 7.11 Å². The molecule has 2 heterocycles. The molecule has 4 aliphatic carbocycles.